The van der Waals surface area contributed by atoms with E-state index >= 15 is 0 Å². The number of H-pyrrole nitrogens is 2. The van der Waals surface area contributed by atoms with E-state index in [0.717, 1.165) is 24.2 Å². The van der Waals surface area contributed by atoms with Gasteiger partial charge >= 0.3 is 0 Å². The van der Waals surface area contributed by atoms with Crippen LogP contribution in [0.3, 0.4) is 0 Å². The predicted octanol–water partition coefficient (Wildman–Crippen LogP) is 6.39. The Balaban J connectivity index is 1.56. The quantitative estimate of drug-likeness (QED) is 0.402. The molecule has 4 aromatic rings. The van der Waals surface area contributed by atoms with Crippen molar-refractivity contribution in [3.05, 3.63) is 107 Å². The summed E-state index contributed by atoms with van der Waals surface area (Å²) in [5, 5.41) is 0. The van der Waals surface area contributed by atoms with Crippen LogP contribution >= 0.6 is 0 Å². The zero-order valence-electron chi connectivity index (χ0n) is 16.0. The number of aromatic nitrogens is 2. The highest BCUT2D eigenvalue weighted by Gasteiger charge is 2.15. The van der Waals surface area contributed by atoms with Gasteiger partial charge in [0, 0.05) is 17.8 Å². The maximum Gasteiger partial charge on any atom is 0.0621 e. The maximum atomic E-state index is 3.56. The maximum absolute atomic E-state index is 3.56. The van der Waals surface area contributed by atoms with Gasteiger partial charge in [0.1, 0.15) is 0 Å². The summed E-state index contributed by atoms with van der Waals surface area (Å²) in [5.74, 6) is 0.406. The van der Waals surface area contributed by atoms with E-state index in [-0.39, 0.29) is 0 Å². The highest BCUT2D eigenvalue weighted by molar-refractivity contribution is 5.55. The zero-order valence-corrected chi connectivity index (χ0v) is 16.0. The smallest absolute Gasteiger partial charge is 0.0621 e. The van der Waals surface area contributed by atoms with E-state index in [1.807, 2.05) is 12.3 Å². The molecule has 0 bridgehead atoms. The van der Waals surface area contributed by atoms with Crippen molar-refractivity contribution in [2.24, 2.45) is 0 Å². The summed E-state index contributed by atoms with van der Waals surface area (Å²) in [4.78, 5) is 6.82. The Morgan fingerprint density at radius 2 is 1.33 bits per heavy atom. The van der Waals surface area contributed by atoms with Crippen molar-refractivity contribution >= 4 is 0 Å². The highest BCUT2D eigenvalue weighted by atomic mass is 14.8. The first kappa shape index (κ1) is 17.4. The van der Waals surface area contributed by atoms with Crippen LogP contribution in [-0.4, -0.2) is 9.97 Å². The van der Waals surface area contributed by atoms with Gasteiger partial charge in [0.2, 0.25) is 0 Å². The number of rotatable bonds is 6. The zero-order chi connectivity index (χ0) is 18.6. The molecule has 0 radical (unpaired) electrons. The van der Waals surface area contributed by atoms with E-state index in [0.29, 0.717) is 5.92 Å². The largest absolute Gasteiger partial charge is 0.360 e. The molecule has 0 atom stereocenters. The molecule has 4 rings (SSSR count). The molecule has 0 fully saturated rings. The van der Waals surface area contributed by atoms with Crippen molar-refractivity contribution in [3.63, 3.8) is 0 Å². The predicted molar refractivity (Wildman–Crippen MR) is 113 cm³/mol. The fourth-order valence-electron chi connectivity index (χ4n) is 3.66. The first-order valence-corrected chi connectivity index (χ1v) is 9.64. The second-order valence-corrected chi connectivity index (χ2v) is 7.39. The topological polar surface area (TPSA) is 31.6 Å². The molecule has 2 N–H and O–H groups in total. The molecule has 2 nitrogen and oxygen atoms in total. The lowest BCUT2D eigenvalue weighted by Crippen LogP contribution is -2.04. The monoisotopic (exact) mass is 354 g/mol. The Hall–Kier alpha value is -3.00. The van der Waals surface area contributed by atoms with E-state index in [1.54, 1.807) is 0 Å². The molecule has 2 aromatic heterocycles. The Labute approximate surface area is 161 Å². The van der Waals surface area contributed by atoms with Gasteiger partial charge in [-0.15, -0.1) is 0 Å². The van der Waals surface area contributed by atoms with Crippen LogP contribution in [0.2, 0.25) is 0 Å². The molecular formula is C25H26N2. The lowest BCUT2D eigenvalue weighted by atomic mass is 9.86. The first-order valence-electron chi connectivity index (χ1n) is 9.64. The summed E-state index contributed by atoms with van der Waals surface area (Å²) in [6.07, 6.45) is 4.06. The van der Waals surface area contributed by atoms with Gasteiger partial charge in [0.15, 0.2) is 0 Å². The van der Waals surface area contributed by atoms with Crippen molar-refractivity contribution in [1.29, 1.82) is 0 Å². The number of aryl methyl sites for hydroxylation is 3. The summed E-state index contributed by atoms with van der Waals surface area (Å²) in [7, 11) is 0. The fourth-order valence-corrected chi connectivity index (χ4v) is 3.66. The Morgan fingerprint density at radius 1 is 0.704 bits per heavy atom. The molecule has 0 spiro atoms. The van der Waals surface area contributed by atoms with Gasteiger partial charge in [-0.2, -0.15) is 0 Å². The molecule has 2 aromatic carbocycles. The molecule has 0 saturated carbocycles. The van der Waals surface area contributed by atoms with Gasteiger partial charge in [0.25, 0.3) is 0 Å². The molecule has 0 aliphatic carbocycles. The normalized spacial score (nSPS) is 11.2. The summed E-state index contributed by atoms with van der Waals surface area (Å²) >= 11 is 0. The van der Waals surface area contributed by atoms with Crippen molar-refractivity contribution in [2.45, 2.75) is 32.6 Å². The molecule has 2 heterocycles. The van der Waals surface area contributed by atoms with Crippen LogP contribution in [0.15, 0.2) is 79.0 Å². The molecular weight excluding hydrogens is 328 g/mol. The number of nitrogens with one attached hydrogen (secondary N) is 2. The van der Waals surface area contributed by atoms with E-state index < -0.39 is 0 Å². The Morgan fingerprint density at radius 3 is 1.89 bits per heavy atom. The third-order valence-electron chi connectivity index (χ3n) is 5.30. The van der Waals surface area contributed by atoms with E-state index in [4.69, 9.17) is 0 Å². The number of aromatic amines is 2. The molecule has 0 aliphatic heterocycles. The van der Waals surface area contributed by atoms with E-state index in [2.05, 4.69) is 90.5 Å². The van der Waals surface area contributed by atoms with Crippen molar-refractivity contribution in [1.82, 2.24) is 9.97 Å². The van der Waals surface area contributed by atoms with E-state index in [9.17, 15) is 0 Å². The second-order valence-electron chi connectivity index (χ2n) is 7.39. The molecule has 27 heavy (non-hydrogen) atoms. The molecule has 2 heteroatoms. The minimum absolute atomic E-state index is 0.406. The Kier molecular flexibility index (Phi) is 4.97. The fraction of sp³-hybridized carbons (Fsp3) is 0.200. The number of benzene rings is 2. The number of hydrogen-bond donors (Lipinski definition) is 2. The Bertz CT molecular complexity index is 928. The standard InChI is InChI=1S/C25H26N2/c1-18-5-9-20(10-6-18)23(21-11-7-19(2)8-12-21)15-13-22-14-16-25(27-22)24-4-3-17-26-24/h3-12,14,16-17,23,26-27H,13,15H2,1-2H3. The SMILES string of the molecule is Cc1ccc(C(CCc2ccc(-c3ccc[nH]3)[nH]2)c2ccc(C)cc2)cc1. The van der Waals surface area contributed by atoms with Gasteiger partial charge in [0.05, 0.1) is 11.4 Å². The van der Waals surface area contributed by atoms with Crippen LogP contribution < -0.4 is 0 Å². The minimum atomic E-state index is 0.406. The van der Waals surface area contributed by atoms with Crippen LogP contribution in [0.25, 0.3) is 11.4 Å². The van der Waals surface area contributed by atoms with Gasteiger partial charge in [-0.3, -0.25) is 0 Å². The molecule has 0 aliphatic rings. The molecule has 136 valence electrons. The van der Waals surface area contributed by atoms with Gasteiger partial charge in [-0.25, -0.2) is 0 Å². The lowest BCUT2D eigenvalue weighted by molar-refractivity contribution is 0.706. The molecule has 0 amide bonds. The summed E-state index contributed by atoms with van der Waals surface area (Å²) in [5.41, 5.74) is 8.96. The lowest BCUT2D eigenvalue weighted by Gasteiger charge is -2.18. The number of hydrogen-bond acceptors (Lipinski definition) is 0. The summed E-state index contributed by atoms with van der Waals surface area (Å²) in [6.45, 7) is 4.29. The minimum Gasteiger partial charge on any atom is -0.360 e. The first-order chi connectivity index (χ1) is 13.2. The molecule has 0 unspecified atom stereocenters. The average Bonchev–Trinajstić information content (AvgIpc) is 3.36. The third-order valence-corrected chi connectivity index (χ3v) is 5.30. The van der Waals surface area contributed by atoms with Crippen molar-refractivity contribution in [3.8, 4) is 11.4 Å². The average molecular weight is 354 g/mol. The van der Waals surface area contributed by atoms with Crippen LogP contribution in [0.4, 0.5) is 0 Å². The van der Waals surface area contributed by atoms with Crippen LogP contribution in [-0.2, 0) is 6.42 Å². The highest BCUT2D eigenvalue weighted by Crippen LogP contribution is 2.30. The van der Waals surface area contributed by atoms with E-state index in [1.165, 1.54) is 27.9 Å². The molecule has 0 saturated heterocycles. The van der Waals surface area contributed by atoms with Crippen LogP contribution in [0, 0.1) is 13.8 Å². The summed E-state index contributed by atoms with van der Waals surface area (Å²) in [6, 6.07) is 26.5. The van der Waals surface area contributed by atoms with Gasteiger partial charge < -0.3 is 9.97 Å². The van der Waals surface area contributed by atoms with Gasteiger partial charge in [-0.05, 0) is 62.1 Å². The third kappa shape index (κ3) is 4.06. The van der Waals surface area contributed by atoms with Crippen molar-refractivity contribution in [2.75, 3.05) is 0 Å². The van der Waals surface area contributed by atoms with Gasteiger partial charge in [-0.1, -0.05) is 59.7 Å². The van der Waals surface area contributed by atoms with Crippen LogP contribution in [0.1, 0.15) is 40.3 Å². The van der Waals surface area contributed by atoms with Crippen LogP contribution in [0.5, 0.6) is 0 Å². The summed E-state index contributed by atoms with van der Waals surface area (Å²) < 4.78 is 0. The van der Waals surface area contributed by atoms with Crippen molar-refractivity contribution < 1.29 is 0 Å². The second kappa shape index (κ2) is 7.71.